The van der Waals surface area contributed by atoms with Crippen LogP contribution >= 0.6 is 0 Å². The van der Waals surface area contributed by atoms with Gasteiger partial charge in [0.25, 0.3) is 11.5 Å². The maximum absolute atomic E-state index is 12.4. The van der Waals surface area contributed by atoms with E-state index in [0.717, 1.165) is 29.8 Å². The highest BCUT2D eigenvalue weighted by atomic mass is 16.2. The molecule has 0 aromatic carbocycles. The first-order chi connectivity index (χ1) is 12.1. The van der Waals surface area contributed by atoms with Gasteiger partial charge < -0.3 is 4.90 Å². The number of nitrogens with one attached hydrogen (secondary N) is 2. The van der Waals surface area contributed by atoms with E-state index in [-0.39, 0.29) is 17.4 Å². The normalized spacial score (nSPS) is 17.5. The zero-order chi connectivity index (χ0) is 17.6. The second-order valence-corrected chi connectivity index (χ2v) is 6.45. The standard InChI is InChI=1S/C17H20N6O2/c1-3-12-10(2)16-19-14(8-15(24)23(16)21-12)11-5-7-22(9-11)17(25)13-4-6-18-20-13/h4,6,8,11,21H,3,5,7,9H2,1-2H3,(H,18,20)/t11-/m1/s1. The number of aromatic amines is 2. The summed E-state index contributed by atoms with van der Waals surface area (Å²) >= 11 is 0. The highest BCUT2D eigenvalue weighted by Gasteiger charge is 2.30. The van der Waals surface area contributed by atoms with Crippen molar-refractivity contribution < 1.29 is 4.79 Å². The molecule has 1 aliphatic heterocycles. The van der Waals surface area contributed by atoms with E-state index in [2.05, 4.69) is 15.3 Å². The Morgan fingerprint density at radius 1 is 1.44 bits per heavy atom. The van der Waals surface area contributed by atoms with Crippen molar-refractivity contribution in [3.05, 3.63) is 51.3 Å². The molecule has 8 heteroatoms. The molecule has 1 saturated heterocycles. The Hall–Kier alpha value is -2.90. The number of amides is 1. The molecule has 25 heavy (non-hydrogen) atoms. The maximum atomic E-state index is 12.4. The fourth-order valence-electron chi connectivity index (χ4n) is 3.50. The molecule has 0 spiro atoms. The molecule has 3 aromatic rings. The van der Waals surface area contributed by atoms with E-state index in [1.807, 2.05) is 13.8 Å². The van der Waals surface area contributed by atoms with Crippen molar-refractivity contribution in [2.24, 2.45) is 0 Å². The number of H-pyrrole nitrogens is 2. The van der Waals surface area contributed by atoms with Gasteiger partial charge in [0, 0.05) is 42.5 Å². The first kappa shape index (κ1) is 15.6. The summed E-state index contributed by atoms with van der Waals surface area (Å²) in [5, 5.41) is 9.64. The highest BCUT2D eigenvalue weighted by molar-refractivity contribution is 5.92. The van der Waals surface area contributed by atoms with Crippen molar-refractivity contribution >= 4 is 11.6 Å². The van der Waals surface area contributed by atoms with Crippen LogP contribution in [0.15, 0.2) is 23.1 Å². The van der Waals surface area contributed by atoms with Crippen LogP contribution in [0.2, 0.25) is 0 Å². The minimum absolute atomic E-state index is 0.0658. The quantitative estimate of drug-likeness (QED) is 0.749. The second kappa shape index (κ2) is 5.87. The third-order valence-corrected chi connectivity index (χ3v) is 4.95. The van der Waals surface area contributed by atoms with Crippen LogP contribution in [0.25, 0.3) is 5.65 Å². The SMILES string of the molecule is CCc1[nH]n2c(=O)cc([C@@H]3CCN(C(=O)c4ccn[nH]4)C3)nc2c1C. The lowest BCUT2D eigenvalue weighted by Crippen LogP contribution is -2.29. The molecule has 0 saturated carbocycles. The van der Waals surface area contributed by atoms with E-state index in [4.69, 9.17) is 4.98 Å². The van der Waals surface area contributed by atoms with E-state index in [1.54, 1.807) is 23.2 Å². The average Bonchev–Trinajstić information content (AvgIpc) is 3.35. The Morgan fingerprint density at radius 3 is 3.00 bits per heavy atom. The zero-order valence-electron chi connectivity index (χ0n) is 14.2. The monoisotopic (exact) mass is 340 g/mol. The van der Waals surface area contributed by atoms with Gasteiger partial charge >= 0.3 is 0 Å². The Bertz CT molecular complexity index is 985. The van der Waals surface area contributed by atoms with E-state index in [1.165, 1.54) is 4.52 Å². The fraction of sp³-hybridized carbons (Fsp3) is 0.412. The lowest BCUT2D eigenvalue weighted by atomic mass is 10.0. The molecule has 1 amide bonds. The molecule has 0 bridgehead atoms. The first-order valence-corrected chi connectivity index (χ1v) is 8.48. The van der Waals surface area contributed by atoms with Crippen LogP contribution in [0.3, 0.4) is 0 Å². The number of fused-ring (bicyclic) bond motifs is 1. The molecule has 4 heterocycles. The lowest BCUT2D eigenvalue weighted by molar-refractivity contribution is 0.0785. The van der Waals surface area contributed by atoms with Gasteiger partial charge in [0.2, 0.25) is 0 Å². The predicted molar refractivity (Wildman–Crippen MR) is 91.8 cm³/mol. The summed E-state index contributed by atoms with van der Waals surface area (Å²) in [5.41, 5.74) is 3.83. The Balaban J connectivity index is 1.63. The summed E-state index contributed by atoms with van der Waals surface area (Å²) in [7, 11) is 0. The zero-order valence-corrected chi connectivity index (χ0v) is 14.2. The van der Waals surface area contributed by atoms with Crippen LogP contribution in [-0.2, 0) is 6.42 Å². The molecule has 3 aromatic heterocycles. The van der Waals surface area contributed by atoms with Gasteiger partial charge in [0.05, 0.1) is 5.69 Å². The number of aryl methyl sites for hydroxylation is 2. The van der Waals surface area contributed by atoms with Crippen molar-refractivity contribution in [3.63, 3.8) is 0 Å². The Labute approximate surface area is 143 Å². The van der Waals surface area contributed by atoms with Gasteiger partial charge in [-0.2, -0.15) is 5.10 Å². The summed E-state index contributed by atoms with van der Waals surface area (Å²) in [6.07, 6.45) is 3.18. The van der Waals surface area contributed by atoms with Gasteiger partial charge in [0.1, 0.15) is 5.69 Å². The van der Waals surface area contributed by atoms with Gasteiger partial charge in [-0.25, -0.2) is 9.50 Å². The van der Waals surface area contributed by atoms with Gasteiger partial charge in [-0.1, -0.05) is 6.92 Å². The molecule has 1 fully saturated rings. The molecule has 2 N–H and O–H groups in total. The van der Waals surface area contributed by atoms with Gasteiger partial charge in [-0.3, -0.25) is 19.8 Å². The van der Waals surface area contributed by atoms with E-state index in [9.17, 15) is 9.59 Å². The second-order valence-electron chi connectivity index (χ2n) is 6.45. The molecular weight excluding hydrogens is 320 g/mol. The molecule has 8 nitrogen and oxygen atoms in total. The third-order valence-electron chi connectivity index (χ3n) is 4.95. The number of hydrogen-bond donors (Lipinski definition) is 2. The van der Waals surface area contributed by atoms with Crippen molar-refractivity contribution in [2.75, 3.05) is 13.1 Å². The topological polar surface area (TPSA) is 99.1 Å². The molecule has 4 rings (SSSR count). The van der Waals surface area contributed by atoms with Gasteiger partial charge in [-0.15, -0.1) is 0 Å². The van der Waals surface area contributed by atoms with E-state index < -0.39 is 0 Å². The number of aromatic nitrogens is 5. The number of carbonyl (C=O) groups is 1. The average molecular weight is 340 g/mol. The summed E-state index contributed by atoms with van der Waals surface area (Å²) in [5.74, 6) is 0.00726. The maximum Gasteiger partial charge on any atom is 0.272 e. The van der Waals surface area contributed by atoms with Gasteiger partial charge in [0.15, 0.2) is 5.65 Å². The minimum Gasteiger partial charge on any atom is -0.337 e. The molecule has 1 aliphatic rings. The van der Waals surface area contributed by atoms with Crippen LogP contribution in [0, 0.1) is 6.92 Å². The number of nitrogens with zero attached hydrogens (tertiary/aromatic N) is 4. The molecule has 0 unspecified atom stereocenters. The van der Waals surface area contributed by atoms with Crippen molar-refractivity contribution in [1.29, 1.82) is 0 Å². The molecular formula is C17H20N6O2. The summed E-state index contributed by atoms with van der Waals surface area (Å²) in [6.45, 7) is 5.23. The van der Waals surface area contributed by atoms with Crippen LogP contribution in [-0.4, -0.2) is 48.7 Å². The number of carbonyl (C=O) groups excluding carboxylic acids is 1. The Morgan fingerprint density at radius 2 is 2.28 bits per heavy atom. The van der Waals surface area contributed by atoms with Crippen LogP contribution in [0.1, 0.15) is 46.7 Å². The lowest BCUT2D eigenvalue weighted by Gasteiger charge is -2.15. The molecule has 1 atom stereocenters. The number of rotatable bonds is 3. The molecule has 130 valence electrons. The van der Waals surface area contributed by atoms with Crippen LogP contribution in [0.5, 0.6) is 0 Å². The number of likely N-dealkylation sites (tertiary alicyclic amines) is 1. The molecule has 0 radical (unpaired) electrons. The van der Waals surface area contributed by atoms with Crippen molar-refractivity contribution in [1.82, 2.24) is 29.7 Å². The van der Waals surface area contributed by atoms with E-state index in [0.29, 0.717) is 24.4 Å². The van der Waals surface area contributed by atoms with Crippen molar-refractivity contribution in [3.8, 4) is 0 Å². The predicted octanol–water partition coefficient (Wildman–Crippen LogP) is 1.25. The third kappa shape index (κ3) is 2.54. The summed E-state index contributed by atoms with van der Waals surface area (Å²) < 4.78 is 1.50. The number of hydrogen-bond acceptors (Lipinski definition) is 4. The first-order valence-electron chi connectivity index (χ1n) is 8.48. The van der Waals surface area contributed by atoms with E-state index >= 15 is 0 Å². The fourth-order valence-corrected chi connectivity index (χ4v) is 3.50. The van der Waals surface area contributed by atoms with Gasteiger partial charge in [-0.05, 0) is 25.8 Å². The highest BCUT2D eigenvalue weighted by Crippen LogP contribution is 2.27. The largest absolute Gasteiger partial charge is 0.337 e. The summed E-state index contributed by atoms with van der Waals surface area (Å²) in [4.78, 5) is 31.4. The van der Waals surface area contributed by atoms with Crippen LogP contribution in [0.4, 0.5) is 0 Å². The molecule has 0 aliphatic carbocycles. The Kier molecular flexibility index (Phi) is 3.67. The van der Waals surface area contributed by atoms with Crippen LogP contribution < -0.4 is 5.56 Å². The minimum atomic E-state index is -0.110. The van der Waals surface area contributed by atoms with Crippen molar-refractivity contribution in [2.45, 2.75) is 32.6 Å². The smallest absolute Gasteiger partial charge is 0.272 e. The summed E-state index contributed by atoms with van der Waals surface area (Å²) in [6, 6.07) is 3.25.